The van der Waals surface area contributed by atoms with Gasteiger partial charge in [0.2, 0.25) is 5.88 Å². The minimum absolute atomic E-state index is 0.227. The lowest BCUT2D eigenvalue weighted by atomic mass is 10.0. The number of carbonyl (C=O) groups excluding carboxylic acids is 1. The minimum atomic E-state index is -0.274. The highest BCUT2D eigenvalue weighted by Crippen LogP contribution is 2.31. The zero-order valence-corrected chi connectivity index (χ0v) is 18.2. The number of aromatic amines is 1. The van der Waals surface area contributed by atoms with Gasteiger partial charge in [0.1, 0.15) is 5.69 Å². The first kappa shape index (κ1) is 21.1. The summed E-state index contributed by atoms with van der Waals surface area (Å²) in [6.45, 7) is 4.26. The van der Waals surface area contributed by atoms with Crippen molar-refractivity contribution in [2.75, 3.05) is 13.7 Å². The first-order chi connectivity index (χ1) is 15.5. The molecule has 2 aromatic heterocycles. The fraction of sp³-hybridized carbons (Fsp3) is 0.200. The normalized spacial score (nSPS) is 11.7. The van der Waals surface area contributed by atoms with Crippen LogP contribution in [-0.4, -0.2) is 39.6 Å². The van der Waals surface area contributed by atoms with Crippen molar-refractivity contribution in [1.29, 1.82) is 5.26 Å². The molecule has 2 heterocycles. The Balaban J connectivity index is 1.66. The van der Waals surface area contributed by atoms with E-state index in [1.54, 1.807) is 30.3 Å². The second-order valence-corrected chi connectivity index (χ2v) is 7.41. The number of hydrogen-bond acceptors (Lipinski definition) is 5. The van der Waals surface area contributed by atoms with Gasteiger partial charge in [-0.3, -0.25) is 9.89 Å². The Bertz CT molecular complexity index is 1310. The topological polar surface area (TPSA) is 94.9 Å². The molecule has 160 valence electrons. The largest absolute Gasteiger partial charge is 0.478 e. The predicted octanol–water partition coefficient (Wildman–Crippen LogP) is 4.73. The van der Waals surface area contributed by atoms with E-state index in [9.17, 15) is 10.1 Å². The number of fused-ring (bicyclic) bond motifs is 1. The van der Waals surface area contributed by atoms with Crippen LogP contribution in [0.5, 0.6) is 5.88 Å². The molecular formula is C25H23N5O2. The molecule has 1 amide bonds. The molecular weight excluding hydrogens is 402 g/mol. The van der Waals surface area contributed by atoms with E-state index in [0.717, 1.165) is 27.6 Å². The van der Waals surface area contributed by atoms with E-state index >= 15 is 0 Å². The molecule has 0 aliphatic carbocycles. The lowest BCUT2D eigenvalue weighted by molar-refractivity contribution is 0.0736. The van der Waals surface area contributed by atoms with Crippen LogP contribution in [0.1, 0.15) is 41.5 Å². The van der Waals surface area contributed by atoms with E-state index in [2.05, 4.69) is 21.3 Å². The third kappa shape index (κ3) is 3.79. The van der Waals surface area contributed by atoms with Crippen molar-refractivity contribution in [2.45, 2.75) is 19.9 Å². The van der Waals surface area contributed by atoms with Gasteiger partial charge in [0.05, 0.1) is 36.0 Å². The number of nitrogens with zero attached hydrogens (tertiary/aromatic N) is 4. The number of H-pyrrole nitrogens is 1. The number of benzene rings is 2. The first-order valence-corrected chi connectivity index (χ1v) is 10.4. The second-order valence-electron chi connectivity index (χ2n) is 7.41. The maximum absolute atomic E-state index is 13.3. The summed E-state index contributed by atoms with van der Waals surface area (Å²) >= 11 is 0. The van der Waals surface area contributed by atoms with E-state index in [1.807, 2.05) is 56.3 Å². The molecule has 0 spiro atoms. The molecule has 0 fully saturated rings. The zero-order chi connectivity index (χ0) is 22.7. The van der Waals surface area contributed by atoms with E-state index in [-0.39, 0.29) is 11.9 Å². The molecule has 0 bridgehead atoms. The number of carbonyl (C=O) groups is 1. The predicted molar refractivity (Wildman–Crippen MR) is 122 cm³/mol. The van der Waals surface area contributed by atoms with Crippen LogP contribution in [0.25, 0.3) is 22.0 Å². The molecule has 0 saturated carbocycles. The number of hydrogen-bond donors (Lipinski definition) is 1. The molecule has 32 heavy (non-hydrogen) atoms. The fourth-order valence-electron chi connectivity index (χ4n) is 3.71. The molecule has 0 unspecified atom stereocenters. The average molecular weight is 425 g/mol. The van der Waals surface area contributed by atoms with Crippen LogP contribution in [-0.2, 0) is 0 Å². The summed E-state index contributed by atoms with van der Waals surface area (Å²) in [5.41, 5.74) is 4.28. The van der Waals surface area contributed by atoms with Gasteiger partial charge in [-0.15, -0.1) is 0 Å². The maximum atomic E-state index is 13.3. The highest BCUT2D eigenvalue weighted by Gasteiger charge is 2.24. The second kappa shape index (κ2) is 8.90. The van der Waals surface area contributed by atoms with E-state index in [0.29, 0.717) is 23.7 Å². The summed E-state index contributed by atoms with van der Waals surface area (Å²) in [5.74, 6) is 0.204. The van der Waals surface area contributed by atoms with E-state index < -0.39 is 0 Å². The molecule has 4 aromatic rings. The van der Waals surface area contributed by atoms with Gasteiger partial charge in [-0.25, -0.2) is 4.98 Å². The van der Waals surface area contributed by atoms with Crippen molar-refractivity contribution >= 4 is 16.8 Å². The van der Waals surface area contributed by atoms with Crippen molar-refractivity contribution in [3.05, 3.63) is 77.6 Å². The maximum Gasteiger partial charge on any atom is 0.272 e. The highest BCUT2D eigenvalue weighted by atomic mass is 16.5. The summed E-state index contributed by atoms with van der Waals surface area (Å²) < 4.78 is 5.75. The Labute approximate surface area is 186 Å². The van der Waals surface area contributed by atoms with Gasteiger partial charge in [0.15, 0.2) is 0 Å². The molecule has 4 rings (SSSR count). The molecule has 0 aliphatic heterocycles. The summed E-state index contributed by atoms with van der Waals surface area (Å²) in [7, 11) is 1.74. The zero-order valence-electron chi connectivity index (χ0n) is 18.2. The number of pyridine rings is 1. The van der Waals surface area contributed by atoms with Gasteiger partial charge in [0.25, 0.3) is 5.91 Å². The van der Waals surface area contributed by atoms with Crippen LogP contribution in [0.2, 0.25) is 0 Å². The van der Waals surface area contributed by atoms with Crippen molar-refractivity contribution in [3.63, 3.8) is 0 Å². The summed E-state index contributed by atoms with van der Waals surface area (Å²) in [4.78, 5) is 19.5. The van der Waals surface area contributed by atoms with E-state index in [4.69, 9.17) is 4.74 Å². The number of nitrogens with one attached hydrogen (secondary N) is 1. The third-order valence-electron chi connectivity index (χ3n) is 5.56. The third-order valence-corrected chi connectivity index (χ3v) is 5.56. The quantitative estimate of drug-likeness (QED) is 0.482. The molecule has 7 nitrogen and oxygen atoms in total. The van der Waals surface area contributed by atoms with Crippen molar-refractivity contribution in [3.8, 4) is 23.1 Å². The molecule has 0 radical (unpaired) electrons. The van der Waals surface area contributed by atoms with Crippen LogP contribution in [0, 0.1) is 11.3 Å². The van der Waals surface area contributed by atoms with Crippen LogP contribution < -0.4 is 4.74 Å². The molecule has 1 atom stereocenters. The Morgan fingerprint density at radius 1 is 1.19 bits per heavy atom. The van der Waals surface area contributed by atoms with Gasteiger partial charge < -0.3 is 9.64 Å². The Hall–Kier alpha value is -4.18. The minimum Gasteiger partial charge on any atom is -0.478 e. The van der Waals surface area contributed by atoms with E-state index in [1.165, 1.54) is 0 Å². The number of rotatable bonds is 6. The summed E-state index contributed by atoms with van der Waals surface area (Å²) in [5, 5.41) is 17.1. The van der Waals surface area contributed by atoms with Gasteiger partial charge >= 0.3 is 0 Å². The molecule has 0 saturated heterocycles. The van der Waals surface area contributed by atoms with Crippen LogP contribution >= 0.6 is 0 Å². The molecule has 7 heteroatoms. The number of amides is 1. The SMILES string of the molecule is CCOc1nc(C(=O)N(C)[C@H](C)c2ccc(C#N)c3cn[nH]c23)ccc1-c1ccccc1. The van der Waals surface area contributed by atoms with Gasteiger partial charge in [0, 0.05) is 23.6 Å². The molecule has 1 N–H and O–H groups in total. The highest BCUT2D eigenvalue weighted by molar-refractivity contribution is 5.94. The van der Waals surface area contributed by atoms with Crippen molar-refractivity contribution in [2.24, 2.45) is 0 Å². The van der Waals surface area contributed by atoms with Gasteiger partial charge in [-0.2, -0.15) is 10.4 Å². The molecule has 2 aromatic carbocycles. The summed E-state index contributed by atoms with van der Waals surface area (Å²) in [6, 6.07) is 18.9. The number of nitriles is 1. The standard InChI is InChI=1S/C25H23N5O2/c1-4-32-24-20(17-8-6-5-7-9-17)12-13-22(28-24)25(31)30(3)16(2)19-11-10-18(14-26)21-15-27-29-23(19)21/h5-13,15-16H,4H2,1-3H3,(H,27,29)/t16-/m1/s1. The van der Waals surface area contributed by atoms with Gasteiger partial charge in [-0.05, 0) is 37.6 Å². The lowest BCUT2D eigenvalue weighted by Gasteiger charge is -2.26. The average Bonchev–Trinajstić information content (AvgIpc) is 3.33. The Morgan fingerprint density at radius 2 is 1.97 bits per heavy atom. The monoisotopic (exact) mass is 425 g/mol. The number of ether oxygens (including phenoxy) is 1. The number of aromatic nitrogens is 3. The van der Waals surface area contributed by atoms with Gasteiger partial charge in [-0.1, -0.05) is 36.4 Å². The molecule has 0 aliphatic rings. The van der Waals surface area contributed by atoms with Crippen LogP contribution in [0.15, 0.2) is 60.8 Å². The Morgan fingerprint density at radius 3 is 2.69 bits per heavy atom. The van der Waals surface area contributed by atoms with Crippen molar-refractivity contribution < 1.29 is 9.53 Å². The van der Waals surface area contributed by atoms with Crippen LogP contribution in [0.3, 0.4) is 0 Å². The van der Waals surface area contributed by atoms with Crippen molar-refractivity contribution in [1.82, 2.24) is 20.1 Å². The summed E-state index contributed by atoms with van der Waals surface area (Å²) in [6.07, 6.45) is 1.63. The van der Waals surface area contributed by atoms with Crippen LogP contribution in [0.4, 0.5) is 0 Å². The first-order valence-electron chi connectivity index (χ1n) is 10.4. The smallest absolute Gasteiger partial charge is 0.272 e. The lowest BCUT2D eigenvalue weighted by Crippen LogP contribution is -2.30. The Kier molecular flexibility index (Phi) is 5.86. The fourth-order valence-corrected chi connectivity index (χ4v) is 3.71.